The average Bonchev–Trinajstić information content (AvgIpc) is 2.91. The van der Waals surface area contributed by atoms with Gasteiger partial charge >= 0.3 is 0 Å². The number of hydrogen-bond donors (Lipinski definition) is 1. The SMILES string of the molecule is O=C(CCN1CCCCO1)N[C@H]1CCCN(C2CCCCCC2)C1. The normalized spacial score (nSPS) is 28.4. The van der Waals surface area contributed by atoms with Gasteiger partial charge in [-0.15, -0.1) is 0 Å². The molecule has 1 saturated carbocycles. The molecular weight excluding hydrogens is 302 g/mol. The molecule has 3 aliphatic rings. The minimum atomic E-state index is 0.192. The summed E-state index contributed by atoms with van der Waals surface area (Å²) in [6, 6.07) is 1.10. The second-order valence-corrected chi connectivity index (χ2v) is 7.77. The Labute approximate surface area is 147 Å². The van der Waals surface area contributed by atoms with Crippen LogP contribution in [0.1, 0.15) is 70.6 Å². The summed E-state index contributed by atoms with van der Waals surface area (Å²) in [4.78, 5) is 20.5. The molecule has 0 unspecified atom stereocenters. The average molecular weight is 338 g/mol. The molecule has 1 N–H and O–H groups in total. The highest BCUT2D eigenvalue weighted by atomic mass is 16.7. The zero-order valence-corrected chi connectivity index (χ0v) is 15.2. The number of carbonyl (C=O) groups excluding carboxylic acids is 1. The van der Waals surface area contributed by atoms with Gasteiger partial charge in [-0.2, -0.15) is 5.06 Å². The van der Waals surface area contributed by atoms with Crippen LogP contribution < -0.4 is 5.32 Å². The molecule has 0 aromatic heterocycles. The Morgan fingerprint density at radius 2 is 1.79 bits per heavy atom. The maximum absolute atomic E-state index is 12.3. The molecule has 0 aromatic carbocycles. The van der Waals surface area contributed by atoms with Crippen LogP contribution in [0.4, 0.5) is 0 Å². The van der Waals surface area contributed by atoms with E-state index in [0.717, 1.165) is 45.1 Å². The van der Waals surface area contributed by atoms with Crippen molar-refractivity contribution < 1.29 is 9.63 Å². The molecule has 1 atom stereocenters. The van der Waals surface area contributed by atoms with Gasteiger partial charge in [0.2, 0.25) is 5.91 Å². The first-order chi connectivity index (χ1) is 11.8. The lowest BCUT2D eigenvalue weighted by Gasteiger charge is -2.38. The number of hydrogen-bond acceptors (Lipinski definition) is 4. The second kappa shape index (κ2) is 9.73. The topological polar surface area (TPSA) is 44.8 Å². The number of piperidine rings is 1. The molecule has 1 amide bonds. The lowest BCUT2D eigenvalue weighted by Crippen LogP contribution is -2.51. The first-order valence-corrected chi connectivity index (χ1v) is 10.2. The molecule has 24 heavy (non-hydrogen) atoms. The van der Waals surface area contributed by atoms with Crippen molar-refractivity contribution >= 4 is 5.91 Å². The summed E-state index contributed by atoms with van der Waals surface area (Å²) < 4.78 is 0. The Hall–Kier alpha value is -0.650. The van der Waals surface area contributed by atoms with Crippen molar-refractivity contribution in [3.63, 3.8) is 0 Å². The second-order valence-electron chi connectivity index (χ2n) is 7.77. The zero-order chi connectivity index (χ0) is 16.6. The van der Waals surface area contributed by atoms with Crippen molar-refractivity contribution in [3.05, 3.63) is 0 Å². The summed E-state index contributed by atoms with van der Waals surface area (Å²) in [6.45, 7) is 4.77. The van der Waals surface area contributed by atoms with E-state index < -0.39 is 0 Å². The van der Waals surface area contributed by atoms with Crippen molar-refractivity contribution in [3.8, 4) is 0 Å². The standard InChI is InChI=1S/C19H35N3O2/c23-19(11-14-22-13-5-6-15-24-22)20-17-8-7-12-21(16-17)18-9-3-1-2-4-10-18/h17-18H,1-16H2,(H,20,23)/t17-/m0/s1. The summed E-state index contributed by atoms with van der Waals surface area (Å²) in [5, 5.41) is 5.24. The third kappa shape index (κ3) is 5.71. The van der Waals surface area contributed by atoms with E-state index >= 15 is 0 Å². The van der Waals surface area contributed by atoms with E-state index in [0.29, 0.717) is 12.5 Å². The number of carbonyl (C=O) groups is 1. The maximum atomic E-state index is 12.3. The van der Waals surface area contributed by atoms with Crippen molar-refractivity contribution in [1.82, 2.24) is 15.3 Å². The maximum Gasteiger partial charge on any atom is 0.221 e. The van der Waals surface area contributed by atoms with Gasteiger partial charge < -0.3 is 5.32 Å². The summed E-state index contributed by atoms with van der Waals surface area (Å²) in [5.41, 5.74) is 0. The van der Waals surface area contributed by atoms with Crippen molar-refractivity contribution in [2.75, 3.05) is 32.8 Å². The van der Waals surface area contributed by atoms with Gasteiger partial charge in [-0.25, -0.2) is 0 Å². The Morgan fingerprint density at radius 1 is 0.958 bits per heavy atom. The monoisotopic (exact) mass is 337 g/mol. The van der Waals surface area contributed by atoms with Crippen LogP contribution in [0.15, 0.2) is 0 Å². The van der Waals surface area contributed by atoms with Crippen LogP contribution in [0.25, 0.3) is 0 Å². The molecule has 0 spiro atoms. The molecule has 2 heterocycles. The van der Waals surface area contributed by atoms with Crippen LogP contribution in [0, 0.1) is 0 Å². The van der Waals surface area contributed by atoms with E-state index in [9.17, 15) is 4.79 Å². The fourth-order valence-corrected chi connectivity index (χ4v) is 4.43. The van der Waals surface area contributed by atoms with Crippen LogP contribution >= 0.6 is 0 Å². The summed E-state index contributed by atoms with van der Waals surface area (Å²) >= 11 is 0. The number of amides is 1. The highest BCUT2D eigenvalue weighted by Gasteiger charge is 2.27. The number of hydroxylamine groups is 2. The molecular formula is C19H35N3O2. The van der Waals surface area contributed by atoms with Gasteiger partial charge in [-0.1, -0.05) is 25.7 Å². The minimum Gasteiger partial charge on any atom is -0.352 e. The Balaban J connectivity index is 1.38. The molecule has 0 aromatic rings. The first kappa shape index (κ1) is 18.2. The lowest BCUT2D eigenvalue weighted by atomic mass is 10.00. The van der Waals surface area contributed by atoms with Crippen LogP contribution in [0.3, 0.4) is 0 Å². The van der Waals surface area contributed by atoms with Crippen LogP contribution in [0.5, 0.6) is 0 Å². The lowest BCUT2D eigenvalue weighted by molar-refractivity contribution is -0.181. The van der Waals surface area contributed by atoms with Gasteiger partial charge in [0.25, 0.3) is 0 Å². The summed E-state index contributed by atoms with van der Waals surface area (Å²) in [7, 11) is 0. The number of rotatable bonds is 5. The highest BCUT2D eigenvalue weighted by molar-refractivity contribution is 5.76. The molecule has 3 rings (SSSR count). The molecule has 3 fully saturated rings. The molecule has 0 bridgehead atoms. The number of nitrogens with zero attached hydrogens (tertiary/aromatic N) is 2. The van der Waals surface area contributed by atoms with Gasteiger partial charge in [0, 0.05) is 38.1 Å². The van der Waals surface area contributed by atoms with E-state index in [1.54, 1.807) is 0 Å². The number of likely N-dealkylation sites (tertiary alicyclic amines) is 1. The molecule has 2 saturated heterocycles. The molecule has 0 radical (unpaired) electrons. The molecule has 138 valence electrons. The molecule has 5 nitrogen and oxygen atoms in total. The van der Waals surface area contributed by atoms with Gasteiger partial charge in [0.05, 0.1) is 6.61 Å². The fraction of sp³-hybridized carbons (Fsp3) is 0.947. The third-order valence-corrected chi connectivity index (χ3v) is 5.82. The van der Waals surface area contributed by atoms with Crippen molar-refractivity contribution in [2.45, 2.75) is 82.7 Å². The Kier molecular flexibility index (Phi) is 7.36. The molecule has 2 aliphatic heterocycles. The highest BCUT2D eigenvalue weighted by Crippen LogP contribution is 2.24. The van der Waals surface area contributed by atoms with Gasteiger partial charge in [-0.3, -0.25) is 14.5 Å². The fourth-order valence-electron chi connectivity index (χ4n) is 4.43. The van der Waals surface area contributed by atoms with E-state index in [1.807, 2.05) is 5.06 Å². The largest absolute Gasteiger partial charge is 0.352 e. The van der Waals surface area contributed by atoms with Gasteiger partial charge in [0.15, 0.2) is 0 Å². The summed E-state index contributed by atoms with van der Waals surface area (Å²) in [6.07, 6.45) is 13.5. The van der Waals surface area contributed by atoms with Gasteiger partial charge in [-0.05, 0) is 45.1 Å². The molecule has 1 aliphatic carbocycles. The molecule has 5 heteroatoms. The van der Waals surface area contributed by atoms with Gasteiger partial charge in [0.1, 0.15) is 0 Å². The summed E-state index contributed by atoms with van der Waals surface area (Å²) in [5.74, 6) is 0.192. The van der Waals surface area contributed by atoms with Crippen LogP contribution in [-0.4, -0.2) is 60.7 Å². The predicted octanol–water partition coefficient (Wildman–Crippen LogP) is 2.71. The minimum absolute atomic E-state index is 0.192. The van der Waals surface area contributed by atoms with Crippen LogP contribution in [-0.2, 0) is 9.63 Å². The Morgan fingerprint density at radius 3 is 2.54 bits per heavy atom. The quantitative estimate of drug-likeness (QED) is 0.784. The van der Waals surface area contributed by atoms with Crippen LogP contribution in [0.2, 0.25) is 0 Å². The number of nitrogens with one attached hydrogen (secondary N) is 1. The van der Waals surface area contributed by atoms with E-state index in [1.165, 1.54) is 57.9 Å². The van der Waals surface area contributed by atoms with E-state index in [2.05, 4.69) is 10.2 Å². The van der Waals surface area contributed by atoms with E-state index in [4.69, 9.17) is 4.84 Å². The Bertz CT molecular complexity index is 377. The third-order valence-electron chi connectivity index (χ3n) is 5.82. The predicted molar refractivity (Wildman–Crippen MR) is 95.6 cm³/mol. The van der Waals surface area contributed by atoms with Crippen molar-refractivity contribution in [2.24, 2.45) is 0 Å². The zero-order valence-electron chi connectivity index (χ0n) is 15.2. The van der Waals surface area contributed by atoms with E-state index in [-0.39, 0.29) is 5.91 Å². The first-order valence-electron chi connectivity index (χ1n) is 10.2. The smallest absolute Gasteiger partial charge is 0.221 e. The van der Waals surface area contributed by atoms with Crippen molar-refractivity contribution in [1.29, 1.82) is 0 Å².